The first kappa shape index (κ1) is 52.9. The summed E-state index contributed by atoms with van der Waals surface area (Å²) >= 11 is 0. The summed E-state index contributed by atoms with van der Waals surface area (Å²) in [5, 5.41) is 54.2. The first-order valence-corrected chi connectivity index (χ1v) is 23.9. The third-order valence-electron chi connectivity index (χ3n) is 11.6. The number of ether oxygens (including phenoxy) is 2. The Morgan fingerprint density at radius 2 is 0.982 bits per heavy atom. The second-order valence-corrected chi connectivity index (χ2v) is 16.9. The van der Waals surface area contributed by atoms with Gasteiger partial charge >= 0.3 is 0 Å². The molecule has 1 aliphatic rings. The molecule has 7 atom stereocenters. The predicted octanol–water partition coefficient (Wildman–Crippen LogP) is 10.1. The van der Waals surface area contributed by atoms with E-state index in [1.165, 1.54) is 167 Å². The number of hydrogen-bond acceptors (Lipinski definition) is 8. The van der Waals surface area contributed by atoms with E-state index in [2.05, 4.69) is 19.2 Å². The Bertz CT molecular complexity index is 888. The summed E-state index contributed by atoms with van der Waals surface area (Å²) in [5.74, 6) is -0.173. The summed E-state index contributed by atoms with van der Waals surface area (Å²) in [4.78, 5) is 13.0. The first-order valence-electron chi connectivity index (χ1n) is 23.9. The van der Waals surface area contributed by atoms with Crippen LogP contribution in [0.2, 0.25) is 0 Å². The molecule has 1 rings (SSSR count). The molecule has 0 spiro atoms. The van der Waals surface area contributed by atoms with Crippen molar-refractivity contribution in [3.05, 3.63) is 12.2 Å². The SMILES string of the molecule is CCCCCCCCCCCCCCCC/C=C/[C@@H](O)[C@H](CO[C@@H]1O[C@H](CO)[C@@H](O)C(O)C1O)NC(=O)CCCCCCCCCCCCCCCCCCC. The van der Waals surface area contributed by atoms with Gasteiger partial charge in [-0.3, -0.25) is 4.79 Å². The minimum atomic E-state index is -1.56. The Hall–Kier alpha value is -1.07. The number of carbonyl (C=O) groups is 1. The van der Waals surface area contributed by atoms with Gasteiger partial charge in [0.15, 0.2) is 6.29 Å². The average molecular weight is 798 g/mol. The number of aliphatic hydroxyl groups is 5. The fraction of sp³-hybridized carbons (Fsp3) is 0.936. The van der Waals surface area contributed by atoms with E-state index in [-0.39, 0.29) is 12.5 Å². The zero-order chi connectivity index (χ0) is 40.9. The lowest BCUT2D eigenvalue weighted by atomic mass is 9.99. The molecule has 1 fully saturated rings. The molecule has 0 aromatic carbocycles. The predicted molar refractivity (Wildman–Crippen MR) is 231 cm³/mol. The van der Waals surface area contributed by atoms with Gasteiger partial charge in [-0.05, 0) is 19.3 Å². The molecule has 0 radical (unpaired) electrons. The molecule has 1 saturated heterocycles. The van der Waals surface area contributed by atoms with Crippen molar-refractivity contribution in [3.63, 3.8) is 0 Å². The largest absolute Gasteiger partial charge is 0.394 e. The summed E-state index contributed by atoms with van der Waals surface area (Å²) in [7, 11) is 0. The maximum absolute atomic E-state index is 13.0. The van der Waals surface area contributed by atoms with E-state index < -0.39 is 49.5 Å². The number of unbranched alkanes of at least 4 members (excludes halogenated alkanes) is 30. The molecule has 2 unspecified atom stereocenters. The van der Waals surface area contributed by atoms with Gasteiger partial charge in [0.25, 0.3) is 0 Å². The number of rotatable bonds is 40. The van der Waals surface area contributed by atoms with Gasteiger partial charge in [-0.15, -0.1) is 0 Å². The maximum atomic E-state index is 13.0. The van der Waals surface area contributed by atoms with E-state index in [0.717, 1.165) is 38.5 Å². The van der Waals surface area contributed by atoms with Crippen LogP contribution < -0.4 is 5.32 Å². The highest BCUT2D eigenvalue weighted by molar-refractivity contribution is 5.76. The standard InChI is InChI=1S/C47H91NO8/c1-3-5-7-9-11-13-15-17-19-21-23-25-27-29-31-33-35-37-43(51)48-40(39-55-47-46(54)45(53)44(52)42(38-49)56-47)41(50)36-34-32-30-28-26-24-22-20-18-16-14-12-10-8-6-4-2/h34,36,40-42,44-47,49-50,52-54H,3-33,35,37-39H2,1-2H3,(H,48,51)/b36-34+/t40-,41+,42+,44+,45?,46?,47+/m0/s1. The normalized spacial score (nSPS) is 21.2. The molecule has 1 aliphatic heterocycles. The molecule has 0 aromatic heterocycles. The van der Waals surface area contributed by atoms with Gasteiger partial charge in [0, 0.05) is 6.42 Å². The van der Waals surface area contributed by atoms with Gasteiger partial charge in [-0.1, -0.05) is 212 Å². The number of carbonyl (C=O) groups excluding carboxylic acids is 1. The van der Waals surface area contributed by atoms with Crippen LogP contribution in [0.4, 0.5) is 0 Å². The number of hydrogen-bond donors (Lipinski definition) is 6. The van der Waals surface area contributed by atoms with Gasteiger partial charge in [0.2, 0.25) is 5.91 Å². The van der Waals surface area contributed by atoms with Crippen molar-refractivity contribution in [2.75, 3.05) is 13.2 Å². The van der Waals surface area contributed by atoms with Crippen molar-refractivity contribution in [3.8, 4) is 0 Å². The van der Waals surface area contributed by atoms with Crippen molar-refractivity contribution in [1.29, 1.82) is 0 Å². The minimum Gasteiger partial charge on any atom is -0.394 e. The van der Waals surface area contributed by atoms with E-state index in [1.54, 1.807) is 6.08 Å². The van der Waals surface area contributed by atoms with Crippen LogP contribution in [-0.2, 0) is 14.3 Å². The van der Waals surface area contributed by atoms with Gasteiger partial charge in [0.1, 0.15) is 24.4 Å². The number of allylic oxidation sites excluding steroid dienone is 1. The highest BCUT2D eigenvalue weighted by Gasteiger charge is 2.44. The van der Waals surface area contributed by atoms with Crippen LogP contribution in [0.5, 0.6) is 0 Å². The molecule has 6 N–H and O–H groups in total. The van der Waals surface area contributed by atoms with Gasteiger partial charge in [0.05, 0.1) is 25.4 Å². The zero-order valence-corrected chi connectivity index (χ0v) is 36.4. The molecule has 1 amide bonds. The Kier molecular flexibility index (Phi) is 36.1. The molecule has 1 heterocycles. The third-order valence-corrected chi connectivity index (χ3v) is 11.6. The van der Waals surface area contributed by atoms with Gasteiger partial charge < -0.3 is 40.3 Å². The second kappa shape index (κ2) is 38.2. The summed E-state index contributed by atoms with van der Waals surface area (Å²) < 4.78 is 11.2. The van der Waals surface area contributed by atoms with Crippen molar-refractivity contribution in [1.82, 2.24) is 5.32 Å². The molecule has 332 valence electrons. The maximum Gasteiger partial charge on any atom is 0.220 e. The summed E-state index contributed by atoms with van der Waals surface area (Å²) in [5.41, 5.74) is 0. The fourth-order valence-electron chi connectivity index (χ4n) is 7.75. The van der Waals surface area contributed by atoms with E-state index in [9.17, 15) is 30.3 Å². The average Bonchev–Trinajstić information content (AvgIpc) is 3.20. The van der Waals surface area contributed by atoms with Crippen molar-refractivity contribution in [2.24, 2.45) is 0 Å². The summed E-state index contributed by atoms with van der Waals surface area (Å²) in [6.45, 7) is 3.79. The highest BCUT2D eigenvalue weighted by atomic mass is 16.7. The molecule has 0 aromatic rings. The molecule has 0 bridgehead atoms. The summed E-state index contributed by atoms with van der Waals surface area (Å²) in [6, 6.07) is -0.798. The first-order chi connectivity index (χ1) is 27.3. The molecule has 9 heteroatoms. The van der Waals surface area contributed by atoms with Crippen LogP contribution in [0.15, 0.2) is 12.2 Å². The Morgan fingerprint density at radius 3 is 1.39 bits per heavy atom. The highest BCUT2D eigenvalue weighted by Crippen LogP contribution is 2.23. The molecular formula is C47H91NO8. The quantitative estimate of drug-likeness (QED) is 0.0265. The van der Waals surface area contributed by atoms with Crippen LogP contribution >= 0.6 is 0 Å². The lowest BCUT2D eigenvalue weighted by molar-refractivity contribution is -0.302. The molecule has 0 saturated carbocycles. The Balaban J connectivity index is 2.33. The molecule has 9 nitrogen and oxygen atoms in total. The topological polar surface area (TPSA) is 149 Å². The van der Waals surface area contributed by atoms with Crippen molar-refractivity contribution >= 4 is 5.91 Å². The van der Waals surface area contributed by atoms with E-state index in [4.69, 9.17) is 9.47 Å². The van der Waals surface area contributed by atoms with Crippen LogP contribution in [-0.4, -0.2) is 87.5 Å². The van der Waals surface area contributed by atoms with Crippen LogP contribution in [0.1, 0.15) is 226 Å². The van der Waals surface area contributed by atoms with Crippen LogP contribution in [0, 0.1) is 0 Å². The number of aliphatic hydroxyl groups excluding tert-OH is 5. The third kappa shape index (κ3) is 28.4. The van der Waals surface area contributed by atoms with Crippen LogP contribution in [0.3, 0.4) is 0 Å². The lowest BCUT2D eigenvalue weighted by Gasteiger charge is -2.40. The van der Waals surface area contributed by atoms with E-state index in [1.807, 2.05) is 6.08 Å². The molecule has 56 heavy (non-hydrogen) atoms. The second-order valence-electron chi connectivity index (χ2n) is 16.9. The minimum absolute atomic E-state index is 0.173. The smallest absolute Gasteiger partial charge is 0.220 e. The van der Waals surface area contributed by atoms with Gasteiger partial charge in [-0.2, -0.15) is 0 Å². The number of amides is 1. The monoisotopic (exact) mass is 798 g/mol. The fourth-order valence-corrected chi connectivity index (χ4v) is 7.75. The molecule has 0 aliphatic carbocycles. The van der Waals surface area contributed by atoms with Gasteiger partial charge in [-0.25, -0.2) is 0 Å². The van der Waals surface area contributed by atoms with Crippen molar-refractivity contribution < 1.29 is 39.8 Å². The Morgan fingerprint density at radius 1 is 0.589 bits per heavy atom. The van der Waals surface area contributed by atoms with E-state index in [0.29, 0.717) is 6.42 Å². The lowest BCUT2D eigenvalue weighted by Crippen LogP contribution is -2.60. The van der Waals surface area contributed by atoms with Crippen LogP contribution in [0.25, 0.3) is 0 Å². The molecular weight excluding hydrogens is 707 g/mol. The summed E-state index contributed by atoms with van der Waals surface area (Å²) in [6.07, 6.45) is 36.8. The van der Waals surface area contributed by atoms with E-state index >= 15 is 0 Å². The zero-order valence-electron chi connectivity index (χ0n) is 36.4. The Labute approximate surface area is 344 Å². The number of nitrogens with one attached hydrogen (secondary N) is 1. The van der Waals surface area contributed by atoms with Crippen molar-refractivity contribution in [2.45, 2.75) is 269 Å².